The molecule has 2 aromatic heterocycles. The van der Waals surface area contributed by atoms with Crippen molar-refractivity contribution < 1.29 is 4.39 Å². The quantitative estimate of drug-likeness (QED) is 0.674. The first-order chi connectivity index (χ1) is 8.25. The first-order valence-electron chi connectivity index (χ1n) is 5.32. The van der Waals surface area contributed by atoms with Crippen LogP contribution in [0.5, 0.6) is 0 Å². The van der Waals surface area contributed by atoms with Crippen LogP contribution in [0.3, 0.4) is 0 Å². The topological polar surface area (TPSA) is 35.6 Å². The number of hydrogen-bond acceptors (Lipinski definition) is 2. The van der Waals surface area contributed by atoms with Gasteiger partial charge in [-0.15, -0.1) is 0 Å². The van der Waals surface area contributed by atoms with Gasteiger partial charge in [0, 0.05) is 18.6 Å². The van der Waals surface area contributed by atoms with Crippen molar-refractivity contribution in [2.75, 3.05) is 0 Å². The molecule has 3 rings (SSSR count). The summed E-state index contributed by atoms with van der Waals surface area (Å²) in [7, 11) is 1.84. The molecular formula is C12H11FN4. The van der Waals surface area contributed by atoms with Crippen LogP contribution in [0.2, 0.25) is 0 Å². The highest BCUT2D eigenvalue weighted by molar-refractivity contribution is 5.80. The van der Waals surface area contributed by atoms with Crippen LogP contribution in [0.1, 0.15) is 5.82 Å². The Morgan fingerprint density at radius 3 is 2.94 bits per heavy atom. The second-order valence-electron chi connectivity index (χ2n) is 3.92. The molecule has 0 spiro atoms. The summed E-state index contributed by atoms with van der Waals surface area (Å²) in [5.74, 6) is 0.644. The van der Waals surface area contributed by atoms with Crippen molar-refractivity contribution >= 4 is 10.9 Å². The zero-order valence-electron chi connectivity index (χ0n) is 9.34. The summed E-state index contributed by atoms with van der Waals surface area (Å²) in [6.07, 6.45) is 3.38. The number of benzene rings is 1. The monoisotopic (exact) mass is 230 g/mol. The lowest BCUT2D eigenvalue weighted by molar-refractivity contribution is 0.639. The van der Waals surface area contributed by atoms with Crippen molar-refractivity contribution in [2.24, 2.45) is 7.05 Å². The average Bonchev–Trinajstić information content (AvgIpc) is 2.89. The summed E-state index contributed by atoms with van der Waals surface area (Å²) in [4.78, 5) is 4.16. The first-order valence-corrected chi connectivity index (χ1v) is 5.32. The molecule has 0 saturated heterocycles. The lowest BCUT2D eigenvalue weighted by atomic mass is 10.2. The molecule has 0 N–H and O–H groups in total. The summed E-state index contributed by atoms with van der Waals surface area (Å²) in [6.45, 7) is 0.587. The summed E-state index contributed by atoms with van der Waals surface area (Å²) >= 11 is 0. The Balaban J connectivity index is 2.07. The highest BCUT2D eigenvalue weighted by Crippen LogP contribution is 2.19. The van der Waals surface area contributed by atoms with E-state index in [1.165, 1.54) is 12.4 Å². The van der Waals surface area contributed by atoms with Crippen molar-refractivity contribution in [3.05, 3.63) is 48.4 Å². The van der Waals surface area contributed by atoms with Crippen LogP contribution in [0.15, 0.2) is 36.8 Å². The van der Waals surface area contributed by atoms with Crippen molar-refractivity contribution in [3.8, 4) is 0 Å². The number of fused-ring (bicyclic) bond motifs is 1. The Labute approximate surface area is 97.3 Å². The number of aryl methyl sites for hydroxylation is 1. The van der Waals surface area contributed by atoms with E-state index in [1.54, 1.807) is 16.8 Å². The van der Waals surface area contributed by atoms with Crippen LogP contribution in [-0.4, -0.2) is 19.3 Å². The molecule has 4 nitrogen and oxygen atoms in total. The Morgan fingerprint density at radius 2 is 2.18 bits per heavy atom. The molecule has 0 amide bonds. The largest absolute Gasteiger partial charge is 0.340 e. The number of halogens is 1. The lowest BCUT2D eigenvalue weighted by Crippen LogP contribution is -2.05. The summed E-state index contributed by atoms with van der Waals surface area (Å²) in [5.41, 5.74) is 0.869. The summed E-state index contributed by atoms with van der Waals surface area (Å²) in [6, 6.07) is 6.86. The van der Waals surface area contributed by atoms with E-state index in [0.717, 1.165) is 11.3 Å². The highest BCUT2D eigenvalue weighted by Gasteiger charge is 2.07. The summed E-state index contributed by atoms with van der Waals surface area (Å²) in [5, 5.41) is 4.65. The molecule has 0 aliphatic carbocycles. The molecular weight excluding hydrogens is 219 g/mol. The number of hydrogen-bond donors (Lipinski definition) is 0. The maximum absolute atomic E-state index is 13.5. The Kier molecular flexibility index (Phi) is 2.18. The second-order valence-corrected chi connectivity index (χ2v) is 3.92. The third-order valence-electron chi connectivity index (χ3n) is 2.88. The number of nitrogens with zero attached hydrogens (tertiary/aromatic N) is 4. The van der Waals surface area contributed by atoms with E-state index in [2.05, 4.69) is 10.1 Å². The minimum absolute atomic E-state index is 0.195. The third-order valence-corrected chi connectivity index (χ3v) is 2.88. The van der Waals surface area contributed by atoms with Gasteiger partial charge in [0.25, 0.3) is 0 Å². The number of rotatable bonds is 2. The maximum Gasteiger partial charge on any atom is 0.146 e. The van der Waals surface area contributed by atoms with Gasteiger partial charge in [-0.1, -0.05) is 6.07 Å². The van der Waals surface area contributed by atoms with Crippen LogP contribution >= 0.6 is 0 Å². The predicted octanol–water partition coefficient (Wildman–Crippen LogP) is 1.96. The molecule has 86 valence electrons. The van der Waals surface area contributed by atoms with E-state index >= 15 is 0 Å². The minimum atomic E-state index is -0.195. The molecule has 3 aromatic rings. The Morgan fingerprint density at radius 1 is 1.29 bits per heavy atom. The summed E-state index contributed by atoms with van der Waals surface area (Å²) < 4.78 is 17.2. The van der Waals surface area contributed by atoms with Gasteiger partial charge in [0.1, 0.15) is 18.0 Å². The fourth-order valence-corrected chi connectivity index (χ4v) is 1.94. The van der Waals surface area contributed by atoms with Gasteiger partial charge in [-0.2, -0.15) is 5.10 Å². The van der Waals surface area contributed by atoms with Crippen molar-refractivity contribution in [1.29, 1.82) is 0 Å². The van der Waals surface area contributed by atoms with Gasteiger partial charge >= 0.3 is 0 Å². The molecule has 0 radical (unpaired) electrons. The molecule has 0 aliphatic rings. The van der Waals surface area contributed by atoms with Gasteiger partial charge in [0.05, 0.1) is 12.1 Å². The van der Waals surface area contributed by atoms with E-state index in [1.807, 2.05) is 23.9 Å². The molecule has 0 aliphatic heterocycles. The Bertz CT molecular complexity index is 668. The van der Waals surface area contributed by atoms with Gasteiger partial charge in [0.15, 0.2) is 0 Å². The van der Waals surface area contributed by atoms with Gasteiger partial charge < -0.3 is 4.57 Å². The average molecular weight is 230 g/mol. The van der Waals surface area contributed by atoms with Crippen LogP contribution in [-0.2, 0) is 13.6 Å². The normalized spacial score (nSPS) is 11.2. The van der Waals surface area contributed by atoms with Crippen molar-refractivity contribution in [3.63, 3.8) is 0 Å². The van der Waals surface area contributed by atoms with Gasteiger partial charge in [0.2, 0.25) is 0 Å². The van der Waals surface area contributed by atoms with Crippen molar-refractivity contribution in [1.82, 2.24) is 19.3 Å². The fourth-order valence-electron chi connectivity index (χ4n) is 1.94. The lowest BCUT2D eigenvalue weighted by Gasteiger charge is -2.04. The van der Waals surface area contributed by atoms with E-state index in [0.29, 0.717) is 11.9 Å². The van der Waals surface area contributed by atoms with Crippen LogP contribution in [0.25, 0.3) is 10.9 Å². The van der Waals surface area contributed by atoms with Gasteiger partial charge in [-0.25, -0.2) is 9.37 Å². The van der Waals surface area contributed by atoms with E-state index in [4.69, 9.17) is 0 Å². The van der Waals surface area contributed by atoms with E-state index in [9.17, 15) is 4.39 Å². The standard InChI is InChI=1S/C12H11FN4/c1-16-12(14-8-15-16)7-17-6-5-9-10(13)3-2-4-11(9)17/h2-6,8H,7H2,1H3. The van der Waals surface area contributed by atoms with Gasteiger partial charge in [-0.05, 0) is 18.2 Å². The number of aromatic nitrogens is 4. The fraction of sp³-hybridized carbons (Fsp3) is 0.167. The molecule has 1 aromatic carbocycles. The molecule has 0 fully saturated rings. The van der Waals surface area contributed by atoms with Crippen LogP contribution in [0, 0.1) is 5.82 Å². The molecule has 0 atom stereocenters. The zero-order chi connectivity index (χ0) is 11.8. The maximum atomic E-state index is 13.5. The second kappa shape index (κ2) is 3.69. The third kappa shape index (κ3) is 1.60. The first kappa shape index (κ1) is 10.0. The molecule has 0 bridgehead atoms. The molecule has 0 unspecified atom stereocenters. The van der Waals surface area contributed by atoms with Gasteiger partial charge in [-0.3, -0.25) is 4.68 Å². The van der Waals surface area contributed by atoms with Crippen LogP contribution in [0.4, 0.5) is 4.39 Å². The van der Waals surface area contributed by atoms with E-state index in [-0.39, 0.29) is 5.82 Å². The molecule has 0 saturated carbocycles. The van der Waals surface area contributed by atoms with Crippen molar-refractivity contribution in [2.45, 2.75) is 6.54 Å². The zero-order valence-corrected chi connectivity index (χ0v) is 9.34. The molecule has 17 heavy (non-hydrogen) atoms. The minimum Gasteiger partial charge on any atom is -0.340 e. The molecule has 2 heterocycles. The predicted molar refractivity (Wildman–Crippen MR) is 62.0 cm³/mol. The highest BCUT2D eigenvalue weighted by atomic mass is 19.1. The van der Waals surface area contributed by atoms with E-state index < -0.39 is 0 Å². The molecule has 5 heteroatoms. The Hall–Kier alpha value is -2.17. The smallest absolute Gasteiger partial charge is 0.146 e. The SMILES string of the molecule is Cn1ncnc1Cn1ccc2c(F)cccc21. The van der Waals surface area contributed by atoms with Crippen LogP contribution < -0.4 is 0 Å².